The summed E-state index contributed by atoms with van der Waals surface area (Å²) in [6.07, 6.45) is 1.85. The van der Waals surface area contributed by atoms with E-state index in [1.54, 1.807) is 6.07 Å². The minimum Gasteiger partial charge on any atom is -0.453 e. The lowest BCUT2D eigenvalue weighted by atomic mass is 9.71. The second-order valence-corrected chi connectivity index (χ2v) is 3.30. The van der Waals surface area contributed by atoms with Gasteiger partial charge in [-0.05, 0) is 35.9 Å². The zero-order valence-corrected chi connectivity index (χ0v) is 6.63. The molecule has 1 radical (unpaired) electrons. The molecule has 2 rings (SSSR count). The van der Waals surface area contributed by atoms with Crippen LogP contribution in [0, 0.1) is 5.82 Å². The van der Waals surface area contributed by atoms with E-state index in [1.807, 2.05) is 6.07 Å². The molecule has 0 amide bonds. The van der Waals surface area contributed by atoms with Crippen molar-refractivity contribution in [1.29, 1.82) is 0 Å². The first-order valence-electron chi connectivity index (χ1n) is 4.01. The molecular weight excluding hydrogens is 154 g/mol. The predicted molar refractivity (Wildman–Crippen MR) is 45.3 cm³/mol. The second kappa shape index (κ2) is 2.59. The van der Waals surface area contributed by atoms with E-state index in [0.29, 0.717) is 0 Å². The molecule has 3 heteroatoms. The lowest BCUT2D eigenvalue weighted by Gasteiger charge is -2.09. The molecule has 0 bridgehead atoms. The highest BCUT2D eigenvalue weighted by atomic mass is 19.1. The van der Waals surface area contributed by atoms with Gasteiger partial charge in [0.15, 0.2) is 0 Å². The van der Waals surface area contributed by atoms with Crippen molar-refractivity contribution in [3.8, 4) is 0 Å². The molecule has 0 saturated heterocycles. The summed E-state index contributed by atoms with van der Waals surface area (Å²) in [7, 11) is 1.18. The Morgan fingerprint density at radius 3 is 2.67 bits per heavy atom. The summed E-state index contributed by atoms with van der Waals surface area (Å²) in [5.41, 5.74) is 0.880. The van der Waals surface area contributed by atoms with Crippen molar-refractivity contribution in [3.63, 3.8) is 0 Å². The molecule has 0 atom stereocenters. The fourth-order valence-corrected chi connectivity index (χ4v) is 1.43. The molecule has 0 aromatic heterocycles. The average molecular weight is 163 g/mol. The lowest BCUT2D eigenvalue weighted by Crippen LogP contribution is -2.15. The van der Waals surface area contributed by atoms with E-state index in [4.69, 9.17) is 5.02 Å². The molecule has 1 nitrogen and oxygen atoms in total. The van der Waals surface area contributed by atoms with Gasteiger partial charge in [-0.3, -0.25) is 0 Å². The molecule has 0 unspecified atom stereocenters. The van der Waals surface area contributed by atoms with Gasteiger partial charge in [0.25, 0.3) is 7.48 Å². The van der Waals surface area contributed by atoms with Crippen LogP contribution in [0.5, 0.6) is 0 Å². The molecule has 0 aliphatic heterocycles. The van der Waals surface area contributed by atoms with Crippen molar-refractivity contribution in [1.82, 2.24) is 0 Å². The summed E-state index contributed by atoms with van der Waals surface area (Å²) in [6, 6.07) is 6.42. The van der Waals surface area contributed by atoms with Crippen molar-refractivity contribution in [3.05, 3.63) is 35.6 Å². The molecule has 0 spiro atoms. The molecule has 1 aromatic rings. The van der Waals surface area contributed by atoms with Gasteiger partial charge < -0.3 is 5.02 Å². The zero-order chi connectivity index (χ0) is 8.60. The highest BCUT2D eigenvalue weighted by Crippen LogP contribution is 2.46. The van der Waals surface area contributed by atoms with Crippen LogP contribution in [0.25, 0.3) is 0 Å². The minimum atomic E-state index is -0.236. The van der Waals surface area contributed by atoms with E-state index in [9.17, 15) is 4.39 Å². The Kier molecular flexibility index (Phi) is 1.69. The van der Waals surface area contributed by atoms with E-state index in [2.05, 4.69) is 0 Å². The van der Waals surface area contributed by atoms with Gasteiger partial charge in [0.05, 0.1) is 0 Å². The van der Waals surface area contributed by atoms with Crippen molar-refractivity contribution < 1.29 is 9.41 Å². The minimum absolute atomic E-state index is 0.234. The Morgan fingerprint density at radius 2 is 2.17 bits per heavy atom. The molecule has 1 N–H and O–H groups in total. The molecule has 1 saturated carbocycles. The maximum Gasteiger partial charge on any atom is 0.298 e. The van der Waals surface area contributed by atoms with Gasteiger partial charge in [-0.2, -0.15) is 0 Å². The van der Waals surface area contributed by atoms with Gasteiger partial charge in [-0.15, -0.1) is 0 Å². The Bertz CT molecular complexity index is 296. The van der Waals surface area contributed by atoms with Crippen LogP contribution >= 0.6 is 0 Å². The predicted octanol–water partition coefficient (Wildman–Crippen LogP) is 1.43. The first-order valence-corrected chi connectivity index (χ1v) is 4.01. The van der Waals surface area contributed by atoms with Crippen LogP contribution < -0.4 is 0 Å². The van der Waals surface area contributed by atoms with Gasteiger partial charge in [-0.25, -0.2) is 4.39 Å². The van der Waals surface area contributed by atoms with Crippen LogP contribution in [0.15, 0.2) is 24.3 Å². The highest BCUT2D eigenvalue weighted by Gasteiger charge is 2.44. The molecular formula is C9H9BFO. The Balaban J connectivity index is 2.34. The summed E-state index contributed by atoms with van der Waals surface area (Å²) >= 11 is 0. The van der Waals surface area contributed by atoms with Crippen LogP contribution in [0.4, 0.5) is 4.39 Å². The molecule has 1 aromatic carbocycles. The Hall–Kier alpha value is -0.825. The van der Waals surface area contributed by atoms with Crippen LogP contribution in [0.2, 0.25) is 0 Å². The van der Waals surface area contributed by atoms with Crippen molar-refractivity contribution in [2.24, 2.45) is 0 Å². The van der Waals surface area contributed by atoms with Crippen LogP contribution in [-0.4, -0.2) is 12.5 Å². The van der Waals surface area contributed by atoms with Gasteiger partial charge in [0.2, 0.25) is 0 Å². The summed E-state index contributed by atoms with van der Waals surface area (Å²) in [4.78, 5) is 0. The van der Waals surface area contributed by atoms with Gasteiger partial charge in [0.1, 0.15) is 5.82 Å². The maximum atomic E-state index is 12.8. The van der Waals surface area contributed by atoms with Crippen LogP contribution in [0.1, 0.15) is 18.4 Å². The SMILES string of the molecule is O[B]C1(c2cccc(F)c2)CC1. The number of hydrogen-bond acceptors (Lipinski definition) is 1. The summed E-state index contributed by atoms with van der Waals surface area (Å²) in [5.74, 6) is -0.236. The molecule has 0 heterocycles. The standard InChI is InChI=1S/C9H9BFO/c11-8-3-1-2-7(6-8)9(10-12)4-5-9/h1-3,6,12H,4-5H2. The van der Waals surface area contributed by atoms with Crippen molar-refractivity contribution >= 4 is 7.48 Å². The third-order valence-corrected chi connectivity index (χ3v) is 2.44. The van der Waals surface area contributed by atoms with Crippen LogP contribution in [-0.2, 0) is 5.31 Å². The summed E-state index contributed by atoms with van der Waals surface area (Å²) < 4.78 is 12.8. The summed E-state index contributed by atoms with van der Waals surface area (Å²) in [6.45, 7) is 0. The van der Waals surface area contributed by atoms with Crippen LogP contribution in [0.3, 0.4) is 0 Å². The highest BCUT2D eigenvalue weighted by molar-refractivity contribution is 6.32. The molecule has 12 heavy (non-hydrogen) atoms. The van der Waals surface area contributed by atoms with E-state index in [0.717, 1.165) is 18.4 Å². The fourth-order valence-electron chi connectivity index (χ4n) is 1.43. The van der Waals surface area contributed by atoms with Crippen molar-refractivity contribution in [2.45, 2.75) is 18.2 Å². The first kappa shape index (κ1) is 7.81. The fraction of sp³-hybridized carbons (Fsp3) is 0.333. The molecule has 1 aliphatic rings. The smallest absolute Gasteiger partial charge is 0.298 e. The maximum absolute atomic E-state index is 12.8. The van der Waals surface area contributed by atoms with Gasteiger partial charge >= 0.3 is 0 Å². The summed E-state index contributed by atoms with van der Waals surface area (Å²) in [5, 5.41) is 8.72. The third kappa shape index (κ3) is 1.14. The first-order chi connectivity index (χ1) is 5.77. The number of benzene rings is 1. The van der Waals surface area contributed by atoms with E-state index in [1.165, 1.54) is 19.6 Å². The number of rotatable bonds is 2. The number of hydrogen-bond donors (Lipinski definition) is 1. The monoisotopic (exact) mass is 163 g/mol. The average Bonchev–Trinajstić information content (AvgIpc) is 2.84. The zero-order valence-electron chi connectivity index (χ0n) is 6.63. The van der Waals surface area contributed by atoms with Gasteiger partial charge in [-0.1, -0.05) is 12.1 Å². The van der Waals surface area contributed by atoms with E-state index < -0.39 is 0 Å². The van der Waals surface area contributed by atoms with Gasteiger partial charge in [0, 0.05) is 0 Å². The van der Waals surface area contributed by atoms with Crippen molar-refractivity contribution in [2.75, 3.05) is 0 Å². The second-order valence-electron chi connectivity index (χ2n) is 3.30. The number of halogens is 1. The quantitative estimate of drug-likeness (QED) is 0.653. The Labute approximate surface area is 71.5 Å². The molecule has 1 aliphatic carbocycles. The molecule has 61 valence electrons. The van der Waals surface area contributed by atoms with E-state index >= 15 is 0 Å². The largest absolute Gasteiger partial charge is 0.453 e. The topological polar surface area (TPSA) is 20.2 Å². The lowest BCUT2D eigenvalue weighted by molar-refractivity contribution is 0.575. The molecule has 1 fully saturated rings. The van der Waals surface area contributed by atoms with E-state index in [-0.39, 0.29) is 11.1 Å². The third-order valence-electron chi connectivity index (χ3n) is 2.44. The Morgan fingerprint density at radius 1 is 1.42 bits per heavy atom. The normalized spacial score (nSPS) is 18.8.